The fourth-order valence-electron chi connectivity index (χ4n) is 4.34. The van der Waals surface area contributed by atoms with E-state index in [1.807, 2.05) is 0 Å². The number of likely N-dealkylation sites (tertiary alicyclic amines) is 1. The number of amides is 1. The third-order valence-electron chi connectivity index (χ3n) is 5.87. The number of aliphatic hydroxyl groups is 1. The van der Waals surface area contributed by atoms with Gasteiger partial charge in [-0.3, -0.25) is 4.79 Å². The van der Waals surface area contributed by atoms with Crippen molar-refractivity contribution in [3.05, 3.63) is 59.4 Å². The number of hydrogen-bond donors (Lipinski definition) is 3. The Hall–Kier alpha value is -2.43. The van der Waals surface area contributed by atoms with Gasteiger partial charge in [-0.25, -0.2) is 26.3 Å². The highest BCUT2D eigenvalue weighted by Gasteiger charge is 2.39. The summed E-state index contributed by atoms with van der Waals surface area (Å²) in [6.07, 6.45) is 1.25. The molecule has 0 aliphatic carbocycles. The molecule has 0 spiro atoms. The van der Waals surface area contributed by atoms with Gasteiger partial charge in [-0.15, -0.1) is 0 Å². The first kappa shape index (κ1) is 25.2. The molecule has 1 aliphatic heterocycles. The van der Waals surface area contributed by atoms with E-state index in [-0.39, 0.29) is 35.6 Å². The van der Waals surface area contributed by atoms with Crippen LogP contribution in [0.1, 0.15) is 32.3 Å². The zero-order valence-electron chi connectivity index (χ0n) is 18.4. The van der Waals surface area contributed by atoms with Gasteiger partial charge in [-0.1, -0.05) is 18.2 Å². The summed E-state index contributed by atoms with van der Waals surface area (Å²) in [5, 5.41) is 10.3. The van der Waals surface area contributed by atoms with Crippen LogP contribution in [0.2, 0.25) is 0 Å². The number of thiol groups is 1. The number of halogens is 3. The normalized spacial score (nSPS) is 19.2. The molecule has 1 amide bonds. The van der Waals surface area contributed by atoms with Crippen LogP contribution in [0.4, 0.5) is 13.2 Å². The van der Waals surface area contributed by atoms with Crippen molar-refractivity contribution in [2.24, 2.45) is 5.92 Å². The lowest BCUT2D eigenvalue weighted by atomic mass is 9.83. The van der Waals surface area contributed by atoms with Gasteiger partial charge in [-0.2, -0.15) is 0 Å². The molecule has 33 heavy (non-hydrogen) atoms. The first-order valence-electron chi connectivity index (χ1n) is 10.6. The summed E-state index contributed by atoms with van der Waals surface area (Å²) in [6.45, 7) is 3.13. The maximum Gasteiger partial charge on any atom is 0.254 e. The molecule has 1 heterocycles. The Labute approximate surface area is 192 Å². The molecule has 0 aromatic heterocycles. The predicted octanol–water partition coefficient (Wildman–Crippen LogP) is 2.81. The summed E-state index contributed by atoms with van der Waals surface area (Å²) in [7, 11) is -2.85. The fraction of sp³-hybridized carbons (Fsp3) is 0.435. The van der Waals surface area contributed by atoms with Gasteiger partial charge in [0.1, 0.15) is 23.1 Å². The lowest BCUT2D eigenvalue weighted by Crippen LogP contribution is -2.56. The molecule has 0 radical (unpaired) electrons. The molecule has 2 aromatic carbocycles. The standard InChI is InChI=1S/C23H27F3N2O4S/c1-23(2,30)22(29)28-8-4-6-15(13-27-33(31)32)20(28)11-14-5-3-7-19(21(14)26)16-9-17(24)12-18(25)10-16/h3,5,7,9-10,12,15,20,30,33H,4,6,8,11,13H2,1-2H3,(H,27,31,32)/t15-,20-/m0/s1. The Morgan fingerprint density at radius 1 is 1.18 bits per heavy atom. The van der Waals surface area contributed by atoms with Gasteiger partial charge >= 0.3 is 0 Å². The highest BCUT2D eigenvalue weighted by atomic mass is 32.2. The largest absolute Gasteiger partial charge is 0.381 e. The minimum atomic E-state index is -2.85. The van der Waals surface area contributed by atoms with Crippen LogP contribution >= 0.6 is 0 Å². The monoisotopic (exact) mass is 484 g/mol. The van der Waals surface area contributed by atoms with Gasteiger partial charge in [0.2, 0.25) is 10.9 Å². The van der Waals surface area contributed by atoms with Crippen molar-refractivity contribution in [3.8, 4) is 11.1 Å². The zero-order valence-corrected chi connectivity index (χ0v) is 19.2. The molecule has 0 unspecified atom stereocenters. The number of hydrogen-bond acceptors (Lipinski definition) is 4. The van der Waals surface area contributed by atoms with E-state index in [0.29, 0.717) is 25.5 Å². The third-order valence-corrected chi connectivity index (χ3v) is 6.31. The van der Waals surface area contributed by atoms with Gasteiger partial charge in [0.15, 0.2) is 0 Å². The molecule has 180 valence electrons. The number of carbonyl (C=O) groups is 1. The lowest BCUT2D eigenvalue weighted by Gasteiger charge is -2.43. The summed E-state index contributed by atoms with van der Waals surface area (Å²) >= 11 is 0. The van der Waals surface area contributed by atoms with Crippen molar-refractivity contribution in [1.82, 2.24) is 9.62 Å². The first-order valence-corrected chi connectivity index (χ1v) is 11.8. The quantitative estimate of drug-likeness (QED) is 0.528. The van der Waals surface area contributed by atoms with Crippen LogP contribution in [0.5, 0.6) is 0 Å². The predicted molar refractivity (Wildman–Crippen MR) is 118 cm³/mol. The van der Waals surface area contributed by atoms with Crippen molar-refractivity contribution in [3.63, 3.8) is 0 Å². The summed E-state index contributed by atoms with van der Waals surface area (Å²) < 4.78 is 67.4. The SMILES string of the molecule is CC(C)(O)C(=O)N1CCC[C@@H](CN[SH](=O)=O)[C@@H]1Cc1cccc(-c2cc(F)cc(F)c2)c1F. The molecule has 1 fully saturated rings. The van der Waals surface area contributed by atoms with Gasteiger partial charge in [-0.05, 0) is 62.3 Å². The molecular formula is C23H27F3N2O4S. The van der Waals surface area contributed by atoms with Crippen LogP contribution < -0.4 is 4.72 Å². The molecule has 2 atom stereocenters. The highest BCUT2D eigenvalue weighted by molar-refractivity contribution is 7.70. The van der Waals surface area contributed by atoms with E-state index < -0.39 is 45.9 Å². The van der Waals surface area contributed by atoms with Crippen LogP contribution in [0, 0.1) is 23.4 Å². The molecule has 1 saturated heterocycles. The van der Waals surface area contributed by atoms with E-state index >= 15 is 4.39 Å². The van der Waals surface area contributed by atoms with Gasteiger partial charge < -0.3 is 10.0 Å². The molecule has 2 aromatic rings. The number of nitrogens with one attached hydrogen (secondary N) is 1. The minimum absolute atomic E-state index is 0.0133. The van der Waals surface area contributed by atoms with Gasteiger partial charge in [0, 0.05) is 30.8 Å². The van der Waals surface area contributed by atoms with Crippen molar-refractivity contribution in [1.29, 1.82) is 0 Å². The zero-order chi connectivity index (χ0) is 24.3. The molecule has 0 saturated carbocycles. The van der Waals surface area contributed by atoms with E-state index in [1.165, 1.54) is 30.9 Å². The van der Waals surface area contributed by atoms with E-state index in [9.17, 15) is 27.1 Å². The average molecular weight is 485 g/mol. The fourth-order valence-corrected chi connectivity index (χ4v) is 4.73. The Kier molecular flexibility index (Phi) is 7.81. The Morgan fingerprint density at radius 2 is 1.85 bits per heavy atom. The average Bonchev–Trinajstić information content (AvgIpc) is 2.72. The van der Waals surface area contributed by atoms with Gasteiger partial charge in [0.25, 0.3) is 5.91 Å². The number of piperidine rings is 1. The van der Waals surface area contributed by atoms with Crippen LogP contribution in [-0.2, 0) is 22.1 Å². The smallest absolute Gasteiger partial charge is 0.254 e. The summed E-state index contributed by atoms with van der Waals surface area (Å²) in [5.41, 5.74) is -1.38. The second kappa shape index (κ2) is 10.2. The number of benzene rings is 2. The summed E-state index contributed by atoms with van der Waals surface area (Å²) in [4.78, 5) is 14.4. The molecule has 2 N–H and O–H groups in total. The molecular weight excluding hydrogens is 457 g/mol. The van der Waals surface area contributed by atoms with Crippen LogP contribution in [0.15, 0.2) is 36.4 Å². The lowest BCUT2D eigenvalue weighted by molar-refractivity contribution is -0.153. The van der Waals surface area contributed by atoms with Crippen molar-refractivity contribution >= 4 is 16.8 Å². The number of nitrogens with zero attached hydrogens (tertiary/aromatic N) is 1. The number of carbonyl (C=O) groups excluding carboxylic acids is 1. The first-order chi connectivity index (χ1) is 15.5. The van der Waals surface area contributed by atoms with Crippen molar-refractivity contribution in [2.75, 3.05) is 13.1 Å². The molecule has 1 aliphatic rings. The van der Waals surface area contributed by atoms with Crippen LogP contribution in [0.3, 0.4) is 0 Å². The van der Waals surface area contributed by atoms with Crippen molar-refractivity contribution < 1.29 is 31.5 Å². The second-order valence-electron chi connectivity index (χ2n) is 8.79. The Balaban J connectivity index is 1.99. The summed E-state index contributed by atoms with van der Waals surface area (Å²) in [5.74, 6) is -3.19. The van der Waals surface area contributed by atoms with Crippen molar-refractivity contribution in [2.45, 2.75) is 44.8 Å². The third kappa shape index (κ3) is 6.13. The summed E-state index contributed by atoms with van der Waals surface area (Å²) in [6, 6.07) is 6.67. The maximum absolute atomic E-state index is 15.5. The van der Waals surface area contributed by atoms with E-state index in [1.54, 1.807) is 6.07 Å². The van der Waals surface area contributed by atoms with Crippen LogP contribution in [-0.4, -0.2) is 49.1 Å². The Morgan fingerprint density at radius 3 is 2.45 bits per heavy atom. The second-order valence-corrected chi connectivity index (χ2v) is 9.62. The minimum Gasteiger partial charge on any atom is -0.381 e. The Bertz CT molecular complexity index is 1070. The van der Waals surface area contributed by atoms with Gasteiger partial charge in [0.05, 0.1) is 0 Å². The molecule has 6 nitrogen and oxygen atoms in total. The van der Waals surface area contributed by atoms with E-state index in [4.69, 9.17) is 0 Å². The molecule has 0 bridgehead atoms. The van der Waals surface area contributed by atoms with E-state index in [2.05, 4.69) is 4.72 Å². The van der Waals surface area contributed by atoms with E-state index in [0.717, 1.165) is 12.1 Å². The number of rotatable bonds is 7. The topological polar surface area (TPSA) is 86.7 Å². The molecule has 3 rings (SSSR count). The van der Waals surface area contributed by atoms with Crippen LogP contribution in [0.25, 0.3) is 11.1 Å². The maximum atomic E-state index is 15.5. The highest BCUT2D eigenvalue weighted by Crippen LogP contribution is 2.32. The molecule has 10 heteroatoms.